The third-order valence-corrected chi connectivity index (χ3v) is 3.78. The van der Waals surface area contributed by atoms with E-state index >= 15 is 0 Å². The standard InChI is InChI=1S/C12H13FN2OS/c1-7-8(2)17-12(16)15(7)6-9-3-4-11(14)10(13)5-9/h3-5H,6,14H2,1-2H3. The van der Waals surface area contributed by atoms with Crippen molar-refractivity contribution >= 4 is 17.0 Å². The van der Waals surface area contributed by atoms with E-state index in [1.54, 1.807) is 10.6 Å². The number of halogens is 1. The summed E-state index contributed by atoms with van der Waals surface area (Å²) in [5.74, 6) is -0.444. The molecule has 0 amide bonds. The van der Waals surface area contributed by atoms with Gasteiger partial charge in [-0.25, -0.2) is 4.39 Å². The van der Waals surface area contributed by atoms with Gasteiger partial charge in [0.15, 0.2) is 0 Å². The molecule has 0 aliphatic heterocycles. The Kier molecular flexibility index (Phi) is 3.02. The topological polar surface area (TPSA) is 48.0 Å². The van der Waals surface area contributed by atoms with Gasteiger partial charge in [0.05, 0.1) is 12.2 Å². The molecule has 2 aromatic rings. The number of aromatic nitrogens is 1. The molecule has 0 saturated heterocycles. The van der Waals surface area contributed by atoms with Gasteiger partial charge in [-0.1, -0.05) is 17.4 Å². The monoisotopic (exact) mass is 252 g/mol. The highest BCUT2D eigenvalue weighted by Crippen LogP contribution is 2.15. The fourth-order valence-corrected chi connectivity index (χ4v) is 2.45. The van der Waals surface area contributed by atoms with E-state index in [2.05, 4.69) is 0 Å². The summed E-state index contributed by atoms with van der Waals surface area (Å²) >= 11 is 1.21. The predicted molar refractivity (Wildman–Crippen MR) is 68.0 cm³/mol. The molecule has 3 nitrogen and oxygen atoms in total. The van der Waals surface area contributed by atoms with Crippen LogP contribution in [-0.2, 0) is 6.54 Å². The summed E-state index contributed by atoms with van der Waals surface area (Å²) in [6.07, 6.45) is 0. The van der Waals surface area contributed by atoms with E-state index in [4.69, 9.17) is 5.73 Å². The smallest absolute Gasteiger partial charge is 0.307 e. The second-order valence-corrected chi connectivity index (χ2v) is 5.12. The predicted octanol–water partition coefficient (Wildman–Crippen LogP) is 2.30. The van der Waals surface area contributed by atoms with E-state index in [0.29, 0.717) is 6.54 Å². The van der Waals surface area contributed by atoms with Crippen LogP contribution in [0.5, 0.6) is 0 Å². The largest absolute Gasteiger partial charge is 0.396 e. The Bertz CT molecular complexity index is 615. The third-order valence-electron chi connectivity index (χ3n) is 2.78. The molecule has 0 aliphatic rings. The van der Waals surface area contributed by atoms with Gasteiger partial charge >= 0.3 is 4.87 Å². The highest BCUT2D eigenvalue weighted by molar-refractivity contribution is 7.09. The lowest BCUT2D eigenvalue weighted by Gasteiger charge is -2.06. The van der Waals surface area contributed by atoms with E-state index in [0.717, 1.165) is 16.1 Å². The maximum absolute atomic E-state index is 13.3. The summed E-state index contributed by atoms with van der Waals surface area (Å²) in [4.78, 5) is 12.7. The zero-order valence-electron chi connectivity index (χ0n) is 9.66. The molecular formula is C12H13FN2OS. The van der Waals surface area contributed by atoms with Crippen LogP contribution in [0, 0.1) is 19.7 Å². The minimum atomic E-state index is -0.444. The number of nitrogens with zero attached hydrogens (tertiary/aromatic N) is 1. The van der Waals surface area contributed by atoms with Crippen molar-refractivity contribution in [1.29, 1.82) is 0 Å². The summed E-state index contributed by atoms with van der Waals surface area (Å²) in [6, 6.07) is 4.62. The van der Waals surface area contributed by atoms with Crippen LogP contribution >= 0.6 is 11.3 Å². The van der Waals surface area contributed by atoms with Crippen LogP contribution in [0.1, 0.15) is 16.1 Å². The molecule has 17 heavy (non-hydrogen) atoms. The van der Waals surface area contributed by atoms with Gasteiger partial charge in [-0.05, 0) is 31.5 Å². The number of hydrogen-bond donors (Lipinski definition) is 1. The highest BCUT2D eigenvalue weighted by Gasteiger charge is 2.08. The number of nitrogens with two attached hydrogens (primary N) is 1. The molecule has 1 aromatic heterocycles. The number of nitrogen functional groups attached to an aromatic ring is 1. The first kappa shape index (κ1) is 11.9. The molecule has 0 radical (unpaired) electrons. The van der Waals surface area contributed by atoms with Gasteiger partial charge in [-0.2, -0.15) is 0 Å². The summed E-state index contributed by atoms with van der Waals surface area (Å²) in [6.45, 7) is 4.18. The van der Waals surface area contributed by atoms with Gasteiger partial charge in [0.1, 0.15) is 5.82 Å². The van der Waals surface area contributed by atoms with Gasteiger partial charge in [-0.15, -0.1) is 0 Å². The zero-order chi connectivity index (χ0) is 12.6. The number of hydrogen-bond acceptors (Lipinski definition) is 3. The second kappa shape index (κ2) is 4.33. The molecule has 0 unspecified atom stereocenters. The van der Waals surface area contributed by atoms with Crippen LogP contribution < -0.4 is 10.6 Å². The van der Waals surface area contributed by atoms with E-state index < -0.39 is 5.82 Å². The molecule has 0 aliphatic carbocycles. The lowest BCUT2D eigenvalue weighted by Crippen LogP contribution is -2.15. The van der Waals surface area contributed by atoms with Crippen molar-refractivity contribution in [2.24, 2.45) is 0 Å². The summed E-state index contributed by atoms with van der Waals surface area (Å²) in [7, 11) is 0. The third kappa shape index (κ3) is 2.24. The summed E-state index contributed by atoms with van der Waals surface area (Å²) in [5, 5.41) is 0. The van der Waals surface area contributed by atoms with Crippen molar-refractivity contribution in [3.05, 3.63) is 49.8 Å². The van der Waals surface area contributed by atoms with Gasteiger partial charge in [0.25, 0.3) is 0 Å². The van der Waals surface area contributed by atoms with E-state index in [9.17, 15) is 9.18 Å². The maximum atomic E-state index is 13.3. The Hall–Kier alpha value is -1.62. The van der Waals surface area contributed by atoms with E-state index in [1.807, 2.05) is 13.8 Å². The normalized spacial score (nSPS) is 10.8. The SMILES string of the molecule is Cc1sc(=O)n(Cc2ccc(N)c(F)c2)c1C. The van der Waals surface area contributed by atoms with Crippen LogP contribution in [0.3, 0.4) is 0 Å². The number of anilines is 1. The Labute approximate surface area is 102 Å². The van der Waals surface area contributed by atoms with Crippen molar-refractivity contribution in [2.75, 3.05) is 5.73 Å². The average molecular weight is 252 g/mol. The Balaban J connectivity index is 2.38. The number of rotatable bonds is 2. The molecule has 90 valence electrons. The Morgan fingerprint density at radius 3 is 2.65 bits per heavy atom. The minimum Gasteiger partial charge on any atom is -0.396 e. The van der Waals surface area contributed by atoms with Crippen molar-refractivity contribution in [3.63, 3.8) is 0 Å². The highest BCUT2D eigenvalue weighted by atomic mass is 32.1. The van der Waals surface area contributed by atoms with Gasteiger partial charge in [0, 0.05) is 10.6 Å². The molecule has 0 bridgehead atoms. The molecule has 5 heteroatoms. The lowest BCUT2D eigenvalue weighted by atomic mass is 10.2. The quantitative estimate of drug-likeness (QED) is 0.834. The van der Waals surface area contributed by atoms with E-state index in [1.165, 1.54) is 23.5 Å². The molecule has 1 heterocycles. The second-order valence-electron chi connectivity index (χ2n) is 3.95. The molecule has 0 saturated carbocycles. The Morgan fingerprint density at radius 1 is 1.41 bits per heavy atom. The van der Waals surface area contributed by atoms with Crippen LogP contribution in [0.25, 0.3) is 0 Å². The van der Waals surface area contributed by atoms with Crippen LogP contribution in [0.4, 0.5) is 10.1 Å². The summed E-state index contributed by atoms with van der Waals surface area (Å²) < 4.78 is 14.9. The maximum Gasteiger partial charge on any atom is 0.307 e. The average Bonchev–Trinajstić information content (AvgIpc) is 2.50. The molecule has 0 spiro atoms. The molecule has 2 rings (SSSR count). The van der Waals surface area contributed by atoms with Crippen molar-refractivity contribution in [1.82, 2.24) is 4.57 Å². The van der Waals surface area contributed by atoms with Gasteiger partial charge in [0.2, 0.25) is 0 Å². The van der Waals surface area contributed by atoms with Crippen LogP contribution in [-0.4, -0.2) is 4.57 Å². The zero-order valence-corrected chi connectivity index (χ0v) is 10.5. The molecule has 0 atom stereocenters. The van der Waals surface area contributed by atoms with E-state index in [-0.39, 0.29) is 10.6 Å². The first-order chi connectivity index (χ1) is 7.99. The first-order valence-electron chi connectivity index (χ1n) is 5.20. The lowest BCUT2D eigenvalue weighted by molar-refractivity contribution is 0.627. The molecule has 0 fully saturated rings. The fraction of sp³-hybridized carbons (Fsp3) is 0.250. The molecule has 1 aromatic carbocycles. The minimum absolute atomic E-state index is 0.0165. The van der Waals surface area contributed by atoms with Crippen LogP contribution in [0.2, 0.25) is 0 Å². The number of aryl methyl sites for hydroxylation is 1. The van der Waals surface area contributed by atoms with Gasteiger partial charge in [-0.3, -0.25) is 9.36 Å². The number of thiazole rings is 1. The first-order valence-corrected chi connectivity index (χ1v) is 6.01. The van der Waals surface area contributed by atoms with Crippen molar-refractivity contribution in [2.45, 2.75) is 20.4 Å². The van der Waals surface area contributed by atoms with Gasteiger partial charge < -0.3 is 5.73 Å². The Morgan fingerprint density at radius 2 is 2.12 bits per heavy atom. The number of benzene rings is 1. The van der Waals surface area contributed by atoms with Crippen LogP contribution in [0.15, 0.2) is 23.0 Å². The summed E-state index contributed by atoms with van der Waals surface area (Å²) in [5.41, 5.74) is 7.19. The fourth-order valence-electron chi connectivity index (χ4n) is 1.62. The molecule has 2 N–H and O–H groups in total. The van der Waals surface area contributed by atoms with Crippen molar-refractivity contribution in [3.8, 4) is 0 Å². The molecular weight excluding hydrogens is 239 g/mol. The van der Waals surface area contributed by atoms with Crippen molar-refractivity contribution < 1.29 is 4.39 Å².